The summed E-state index contributed by atoms with van der Waals surface area (Å²) >= 11 is 0. The fourth-order valence-electron chi connectivity index (χ4n) is 1.49. The number of benzene rings is 2. The standard InChI is InChI=1S/C14H8F5NO/c15-11-5-12(16)7-13(6-11)21-20-8-9-1-3-10(4-2-9)14(17,18)19/h1-8H/b20-8+. The molecule has 0 aliphatic carbocycles. The van der Waals surface area contributed by atoms with Gasteiger partial charge in [0.15, 0.2) is 5.75 Å². The summed E-state index contributed by atoms with van der Waals surface area (Å²) < 4.78 is 62.7. The maximum absolute atomic E-state index is 12.9. The lowest BCUT2D eigenvalue weighted by Crippen LogP contribution is -2.04. The first-order chi connectivity index (χ1) is 9.84. The molecule has 0 saturated carbocycles. The van der Waals surface area contributed by atoms with Gasteiger partial charge in [-0.05, 0) is 17.7 Å². The Labute approximate surface area is 116 Å². The molecule has 0 N–H and O–H groups in total. The maximum atomic E-state index is 12.9. The average molecular weight is 301 g/mol. The highest BCUT2D eigenvalue weighted by Gasteiger charge is 2.29. The summed E-state index contributed by atoms with van der Waals surface area (Å²) in [6.45, 7) is 0. The van der Waals surface area contributed by atoms with E-state index in [9.17, 15) is 22.0 Å². The van der Waals surface area contributed by atoms with Crippen molar-refractivity contribution in [2.75, 3.05) is 0 Å². The van der Waals surface area contributed by atoms with E-state index in [1.807, 2.05) is 0 Å². The van der Waals surface area contributed by atoms with Gasteiger partial charge in [0, 0.05) is 18.2 Å². The van der Waals surface area contributed by atoms with Gasteiger partial charge in [-0.15, -0.1) is 0 Å². The molecule has 0 aliphatic rings. The van der Waals surface area contributed by atoms with Gasteiger partial charge in [0.25, 0.3) is 0 Å². The molecule has 2 nitrogen and oxygen atoms in total. The Morgan fingerprint density at radius 2 is 1.48 bits per heavy atom. The van der Waals surface area contributed by atoms with Crippen LogP contribution < -0.4 is 4.84 Å². The highest BCUT2D eigenvalue weighted by atomic mass is 19.4. The molecule has 0 radical (unpaired) electrons. The summed E-state index contributed by atoms with van der Waals surface area (Å²) in [5.41, 5.74) is -0.437. The van der Waals surface area contributed by atoms with Crippen LogP contribution in [0.25, 0.3) is 0 Å². The van der Waals surface area contributed by atoms with E-state index < -0.39 is 23.4 Å². The predicted octanol–water partition coefficient (Wildman–Crippen LogP) is 4.40. The first-order valence-electron chi connectivity index (χ1n) is 5.68. The third-order valence-electron chi connectivity index (χ3n) is 2.43. The molecule has 0 fully saturated rings. The molecule has 0 unspecified atom stereocenters. The van der Waals surface area contributed by atoms with Crippen molar-refractivity contribution in [1.82, 2.24) is 0 Å². The van der Waals surface area contributed by atoms with E-state index in [4.69, 9.17) is 4.84 Å². The summed E-state index contributed by atoms with van der Waals surface area (Å²) in [4.78, 5) is 4.74. The molecule has 0 amide bonds. The molecule has 110 valence electrons. The van der Waals surface area contributed by atoms with Gasteiger partial charge in [-0.25, -0.2) is 8.78 Å². The molecule has 0 spiro atoms. The second-order valence-electron chi connectivity index (χ2n) is 4.05. The van der Waals surface area contributed by atoms with Crippen LogP contribution in [-0.2, 0) is 6.18 Å². The van der Waals surface area contributed by atoms with Gasteiger partial charge in [0.05, 0.1) is 11.8 Å². The van der Waals surface area contributed by atoms with Gasteiger partial charge < -0.3 is 4.84 Å². The molecule has 0 aliphatic heterocycles. The molecule has 2 aromatic rings. The number of hydrogen-bond acceptors (Lipinski definition) is 2. The van der Waals surface area contributed by atoms with Crippen molar-refractivity contribution in [3.63, 3.8) is 0 Å². The first kappa shape index (κ1) is 15.0. The minimum atomic E-state index is -4.41. The second kappa shape index (κ2) is 5.90. The van der Waals surface area contributed by atoms with Crippen LogP contribution in [0.1, 0.15) is 11.1 Å². The van der Waals surface area contributed by atoms with Crippen LogP contribution in [0.3, 0.4) is 0 Å². The number of alkyl halides is 3. The van der Waals surface area contributed by atoms with Crippen LogP contribution in [0.15, 0.2) is 47.6 Å². The minimum absolute atomic E-state index is 0.157. The average Bonchev–Trinajstić information content (AvgIpc) is 2.37. The largest absolute Gasteiger partial charge is 0.416 e. The van der Waals surface area contributed by atoms with Gasteiger partial charge in [-0.3, -0.25) is 0 Å². The molecular formula is C14H8F5NO. The van der Waals surface area contributed by atoms with Crippen molar-refractivity contribution in [1.29, 1.82) is 0 Å². The number of nitrogens with zero attached hydrogens (tertiary/aromatic N) is 1. The molecule has 0 bridgehead atoms. The Kier molecular flexibility index (Phi) is 4.21. The molecule has 0 heterocycles. The zero-order valence-electron chi connectivity index (χ0n) is 10.4. The smallest absolute Gasteiger partial charge is 0.357 e. The number of rotatable bonds is 3. The molecule has 0 saturated heterocycles. The van der Waals surface area contributed by atoms with Crippen molar-refractivity contribution < 1.29 is 26.8 Å². The normalized spacial score (nSPS) is 11.9. The van der Waals surface area contributed by atoms with E-state index in [1.54, 1.807) is 0 Å². The molecule has 7 heteroatoms. The van der Waals surface area contributed by atoms with E-state index in [0.717, 1.165) is 30.5 Å². The Hall–Kier alpha value is -2.44. The fourth-order valence-corrected chi connectivity index (χ4v) is 1.49. The van der Waals surface area contributed by atoms with Gasteiger partial charge >= 0.3 is 6.18 Å². The SMILES string of the molecule is Fc1cc(F)cc(O/N=C/c2ccc(C(F)(F)F)cc2)c1. The lowest BCUT2D eigenvalue weighted by Gasteiger charge is -2.05. The van der Waals surface area contributed by atoms with E-state index >= 15 is 0 Å². The topological polar surface area (TPSA) is 21.6 Å². The molecule has 2 aromatic carbocycles. The molecule has 0 atom stereocenters. The molecular weight excluding hydrogens is 293 g/mol. The monoisotopic (exact) mass is 301 g/mol. The van der Waals surface area contributed by atoms with Crippen molar-refractivity contribution >= 4 is 6.21 Å². The van der Waals surface area contributed by atoms with Crippen LogP contribution in [0.2, 0.25) is 0 Å². The molecule has 0 aromatic heterocycles. The predicted molar refractivity (Wildman–Crippen MR) is 66.0 cm³/mol. The van der Waals surface area contributed by atoms with Gasteiger partial charge in [-0.2, -0.15) is 13.2 Å². The maximum Gasteiger partial charge on any atom is 0.416 e. The van der Waals surface area contributed by atoms with Crippen molar-refractivity contribution in [3.8, 4) is 5.75 Å². The zero-order chi connectivity index (χ0) is 15.5. The lowest BCUT2D eigenvalue weighted by atomic mass is 10.1. The van der Waals surface area contributed by atoms with Crippen LogP contribution in [-0.4, -0.2) is 6.21 Å². The summed E-state index contributed by atoms with van der Waals surface area (Å²) in [5, 5.41) is 3.45. The first-order valence-corrected chi connectivity index (χ1v) is 5.68. The van der Waals surface area contributed by atoms with E-state index in [-0.39, 0.29) is 5.75 Å². The van der Waals surface area contributed by atoms with E-state index in [0.29, 0.717) is 11.6 Å². The Morgan fingerprint density at radius 3 is 2.00 bits per heavy atom. The van der Waals surface area contributed by atoms with Crippen LogP contribution in [0.4, 0.5) is 22.0 Å². The number of halogens is 5. The van der Waals surface area contributed by atoms with Gasteiger partial charge in [0.2, 0.25) is 0 Å². The van der Waals surface area contributed by atoms with Crippen LogP contribution in [0, 0.1) is 11.6 Å². The van der Waals surface area contributed by atoms with Crippen LogP contribution in [0.5, 0.6) is 5.75 Å². The van der Waals surface area contributed by atoms with Crippen LogP contribution >= 0.6 is 0 Å². The van der Waals surface area contributed by atoms with E-state index in [1.165, 1.54) is 12.1 Å². The summed E-state index contributed by atoms with van der Waals surface area (Å²) in [7, 11) is 0. The van der Waals surface area contributed by atoms with Crippen molar-refractivity contribution in [2.45, 2.75) is 6.18 Å². The zero-order valence-corrected chi connectivity index (χ0v) is 10.4. The highest BCUT2D eigenvalue weighted by molar-refractivity contribution is 5.79. The molecule has 2 rings (SSSR count). The minimum Gasteiger partial charge on any atom is -0.357 e. The number of hydrogen-bond donors (Lipinski definition) is 0. The third-order valence-corrected chi connectivity index (χ3v) is 2.43. The van der Waals surface area contributed by atoms with Gasteiger partial charge in [0.1, 0.15) is 11.6 Å². The van der Waals surface area contributed by atoms with Gasteiger partial charge in [-0.1, -0.05) is 17.3 Å². The summed E-state index contributed by atoms with van der Waals surface area (Å²) in [5.74, 6) is -1.81. The summed E-state index contributed by atoms with van der Waals surface area (Å²) in [6.07, 6.45) is -3.28. The Bertz CT molecular complexity index is 629. The number of oxime groups is 1. The van der Waals surface area contributed by atoms with Crippen molar-refractivity contribution in [2.24, 2.45) is 5.16 Å². The van der Waals surface area contributed by atoms with E-state index in [2.05, 4.69) is 5.16 Å². The second-order valence-corrected chi connectivity index (χ2v) is 4.05. The third kappa shape index (κ3) is 4.27. The summed E-state index contributed by atoms with van der Waals surface area (Å²) in [6, 6.07) is 6.70. The fraction of sp³-hybridized carbons (Fsp3) is 0.0714. The lowest BCUT2D eigenvalue weighted by molar-refractivity contribution is -0.137. The molecule has 21 heavy (non-hydrogen) atoms. The Morgan fingerprint density at radius 1 is 0.905 bits per heavy atom. The quantitative estimate of drug-likeness (QED) is 0.468. The highest BCUT2D eigenvalue weighted by Crippen LogP contribution is 2.28. The Balaban J connectivity index is 2.04. The van der Waals surface area contributed by atoms with Crippen molar-refractivity contribution in [3.05, 3.63) is 65.2 Å².